The molecule has 1 heterocycles. The molecular weight excluding hydrogens is 284 g/mol. The molecule has 1 saturated carbocycles. The second kappa shape index (κ2) is 4.73. The highest BCUT2D eigenvalue weighted by atomic mass is 19.3. The van der Waals surface area contributed by atoms with Crippen molar-refractivity contribution in [3.05, 3.63) is 39.9 Å². The van der Waals surface area contributed by atoms with E-state index in [0.717, 1.165) is 4.90 Å². The Kier molecular flexibility index (Phi) is 3.12. The highest BCUT2D eigenvalue weighted by Crippen LogP contribution is 2.46. The molecule has 2 aliphatic rings. The first-order chi connectivity index (χ1) is 9.93. The number of nitro groups is 1. The predicted molar refractivity (Wildman–Crippen MR) is 68.7 cm³/mol. The zero-order valence-electron chi connectivity index (χ0n) is 11.0. The van der Waals surface area contributed by atoms with Crippen LogP contribution in [0.2, 0.25) is 0 Å². The van der Waals surface area contributed by atoms with Gasteiger partial charge in [0.05, 0.1) is 11.5 Å². The molecule has 1 atom stereocenters. The molecule has 1 N–H and O–H groups in total. The van der Waals surface area contributed by atoms with Crippen molar-refractivity contribution >= 4 is 11.6 Å². The van der Waals surface area contributed by atoms with Crippen LogP contribution >= 0.6 is 0 Å². The standard InChI is InChI=1S/C13H13F2N3O3/c14-10(15)7-17-11(16-13(4-5-13)12(17)19)8-2-1-3-9(6-8)18(20)21/h1-3,6,10-11,16H,4-5,7H2. The number of carbonyl (C=O) groups is 1. The lowest BCUT2D eigenvalue weighted by molar-refractivity contribution is -0.385. The Morgan fingerprint density at radius 1 is 1.48 bits per heavy atom. The van der Waals surface area contributed by atoms with Gasteiger partial charge in [-0.1, -0.05) is 12.1 Å². The second-order valence-electron chi connectivity index (χ2n) is 5.33. The number of nitrogens with zero attached hydrogens (tertiary/aromatic N) is 2. The van der Waals surface area contributed by atoms with Gasteiger partial charge in [-0.2, -0.15) is 0 Å². The fourth-order valence-electron chi connectivity index (χ4n) is 2.69. The molecule has 3 rings (SSSR count). The van der Waals surface area contributed by atoms with Crippen molar-refractivity contribution in [2.24, 2.45) is 0 Å². The minimum Gasteiger partial charge on any atom is -0.316 e. The Hall–Kier alpha value is -2.09. The molecule has 6 nitrogen and oxygen atoms in total. The van der Waals surface area contributed by atoms with Crippen LogP contribution in [0.1, 0.15) is 24.6 Å². The first-order valence-corrected chi connectivity index (χ1v) is 6.54. The number of hydrogen-bond acceptors (Lipinski definition) is 4. The zero-order valence-corrected chi connectivity index (χ0v) is 11.0. The van der Waals surface area contributed by atoms with Gasteiger partial charge in [-0.15, -0.1) is 0 Å². The van der Waals surface area contributed by atoms with Gasteiger partial charge in [0, 0.05) is 12.1 Å². The van der Waals surface area contributed by atoms with E-state index in [9.17, 15) is 23.7 Å². The maximum absolute atomic E-state index is 12.7. The summed E-state index contributed by atoms with van der Waals surface area (Å²) < 4.78 is 25.4. The Bertz CT molecular complexity index is 604. The number of hydrogen-bond donors (Lipinski definition) is 1. The van der Waals surface area contributed by atoms with Gasteiger partial charge < -0.3 is 4.90 Å². The lowest BCUT2D eigenvalue weighted by Crippen LogP contribution is -2.35. The number of non-ortho nitro benzene ring substituents is 1. The summed E-state index contributed by atoms with van der Waals surface area (Å²) in [4.78, 5) is 23.6. The molecule has 1 unspecified atom stereocenters. The maximum atomic E-state index is 12.7. The van der Waals surface area contributed by atoms with Crippen molar-refractivity contribution in [3.63, 3.8) is 0 Å². The molecule has 1 spiro atoms. The van der Waals surface area contributed by atoms with E-state index in [2.05, 4.69) is 5.32 Å². The summed E-state index contributed by atoms with van der Waals surface area (Å²) in [5, 5.41) is 13.9. The first-order valence-electron chi connectivity index (χ1n) is 6.54. The average Bonchev–Trinajstić information content (AvgIpc) is 3.17. The molecule has 1 saturated heterocycles. The zero-order chi connectivity index (χ0) is 15.2. The smallest absolute Gasteiger partial charge is 0.269 e. The summed E-state index contributed by atoms with van der Waals surface area (Å²) in [5.74, 6) is -0.348. The van der Waals surface area contributed by atoms with Crippen LogP contribution in [-0.4, -0.2) is 34.2 Å². The monoisotopic (exact) mass is 297 g/mol. The van der Waals surface area contributed by atoms with Gasteiger partial charge in [0.1, 0.15) is 11.7 Å². The first kappa shape index (κ1) is 13.9. The average molecular weight is 297 g/mol. The molecule has 21 heavy (non-hydrogen) atoms. The van der Waals surface area contributed by atoms with Gasteiger partial charge in [0.15, 0.2) is 0 Å². The number of nitrogens with one attached hydrogen (secondary N) is 1. The van der Waals surface area contributed by atoms with Crippen LogP contribution < -0.4 is 5.32 Å². The third-order valence-electron chi connectivity index (χ3n) is 3.88. The Morgan fingerprint density at radius 2 is 2.19 bits per heavy atom. The van der Waals surface area contributed by atoms with Gasteiger partial charge in [-0.3, -0.25) is 20.2 Å². The van der Waals surface area contributed by atoms with Gasteiger partial charge in [0.25, 0.3) is 12.1 Å². The predicted octanol–water partition coefficient (Wildman–Crippen LogP) is 1.82. The van der Waals surface area contributed by atoms with Gasteiger partial charge in [-0.05, 0) is 18.4 Å². The Morgan fingerprint density at radius 3 is 2.76 bits per heavy atom. The number of benzene rings is 1. The number of alkyl halides is 2. The van der Waals surface area contributed by atoms with Crippen molar-refractivity contribution < 1.29 is 18.5 Å². The molecule has 1 aromatic carbocycles. The largest absolute Gasteiger partial charge is 0.316 e. The Balaban J connectivity index is 1.93. The van der Waals surface area contributed by atoms with Crippen LogP contribution in [0, 0.1) is 10.1 Å². The third kappa shape index (κ3) is 2.35. The van der Waals surface area contributed by atoms with Crippen LogP contribution in [0.3, 0.4) is 0 Å². The number of rotatable bonds is 4. The number of halogens is 2. The van der Waals surface area contributed by atoms with Crippen LogP contribution in [0.25, 0.3) is 0 Å². The van der Waals surface area contributed by atoms with E-state index in [1.165, 1.54) is 18.2 Å². The van der Waals surface area contributed by atoms with E-state index in [1.54, 1.807) is 6.07 Å². The minimum atomic E-state index is -2.65. The van der Waals surface area contributed by atoms with Crippen molar-refractivity contribution in [2.45, 2.75) is 31.0 Å². The molecule has 0 aromatic heterocycles. The van der Waals surface area contributed by atoms with Crippen LogP contribution in [0.4, 0.5) is 14.5 Å². The maximum Gasteiger partial charge on any atom is 0.269 e. The molecule has 112 valence electrons. The minimum absolute atomic E-state index is 0.129. The molecule has 8 heteroatoms. The van der Waals surface area contributed by atoms with E-state index in [-0.39, 0.29) is 11.6 Å². The molecule has 1 amide bonds. The summed E-state index contributed by atoms with van der Waals surface area (Å²) in [6, 6.07) is 5.71. The van der Waals surface area contributed by atoms with E-state index in [4.69, 9.17) is 0 Å². The van der Waals surface area contributed by atoms with Crippen LogP contribution in [0.15, 0.2) is 24.3 Å². The van der Waals surface area contributed by atoms with E-state index < -0.39 is 29.6 Å². The molecule has 1 aliphatic carbocycles. The van der Waals surface area contributed by atoms with Crippen molar-refractivity contribution in [2.75, 3.05) is 6.54 Å². The fourth-order valence-corrected chi connectivity index (χ4v) is 2.69. The van der Waals surface area contributed by atoms with E-state index in [0.29, 0.717) is 18.4 Å². The van der Waals surface area contributed by atoms with Crippen LogP contribution in [-0.2, 0) is 4.79 Å². The van der Waals surface area contributed by atoms with Gasteiger partial charge in [0.2, 0.25) is 5.91 Å². The fraction of sp³-hybridized carbons (Fsp3) is 0.462. The number of nitro benzene ring substituents is 1. The van der Waals surface area contributed by atoms with E-state index >= 15 is 0 Å². The van der Waals surface area contributed by atoms with Gasteiger partial charge >= 0.3 is 0 Å². The Labute approximate surface area is 118 Å². The van der Waals surface area contributed by atoms with E-state index in [1.807, 2.05) is 0 Å². The van der Waals surface area contributed by atoms with Crippen LogP contribution in [0.5, 0.6) is 0 Å². The van der Waals surface area contributed by atoms with Crippen molar-refractivity contribution in [1.82, 2.24) is 10.2 Å². The topological polar surface area (TPSA) is 75.5 Å². The molecule has 0 radical (unpaired) electrons. The summed E-state index contributed by atoms with van der Waals surface area (Å²) in [6.07, 6.45) is -2.17. The molecule has 1 aliphatic heterocycles. The number of carbonyl (C=O) groups excluding carboxylic acids is 1. The second-order valence-corrected chi connectivity index (χ2v) is 5.33. The lowest BCUT2D eigenvalue weighted by atomic mass is 10.1. The highest BCUT2D eigenvalue weighted by molar-refractivity contribution is 5.92. The quantitative estimate of drug-likeness (QED) is 0.679. The van der Waals surface area contributed by atoms with Crippen molar-refractivity contribution in [3.8, 4) is 0 Å². The molecule has 2 fully saturated rings. The van der Waals surface area contributed by atoms with Gasteiger partial charge in [-0.25, -0.2) is 8.78 Å². The number of amides is 1. The lowest BCUT2D eigenvalue weighted by Gasteiger charge is -2.23. The summed E-state index contributed by atoms with van der Waals surface area (Å²) in [5.41, 5.74) is -0.429. The summed E-state index contributed by atoms with van der Waals surface area (Å²) >= 11 is 0. The molecular formula is C13H13F2N3O3. The molecule has 0 bridgehead atoms. The summed E-state index contributed by atoms with van der Waals surface area (Å²) in [6.45, 7) is -0.680. The summed E-state index contributed by atoms with van der Waals surface area (Å²) in [7, 11) is 0. The SMILES string of the molecule is O=C1N(CC(F)F)C(c2cccc([N+](=O)[O-])c2)NC12CC2. The highest BCUT2D eigenvalue weighted by Gasteiger charge is 2.59. The normalized spacial score (nSPS) is 23.1. The van der Waals surface area contributed by atoms with Crippen molar-refractivity contribution in [1.29, 1.82) is 0 Å². The molecule has 1 aromatic rings. The third-order valence-corrected chi connectivity index (χ3v) is 3.88.